The number of hydrogen-bond acceptors (Lipinski definition) is 5. The lowest BCUT2D eigenvalue weighted by Gasteiger charge is -2.06. The lowest BCUT2D eigenvalue weighted by molar-refractivity contribution is 0.140. The van der Waals surface area contributed by atoms with E-state index in [1.807, 2.05) is 0 Å². The summed E-state index contributed by atoms with van der Waals surface area (Å²) in [5.74, 6) is 0.391. The maximum absolute atomic E-state index is 5.58. The standard InChI is InChI=1S/C7H9ClN2O2S/c8-3-6-9-10-7(13-6)12-5-1-2-11-4-5/h5H,1-4H2. The topological polar surface area (TPSA) is 44.2 Å². The zero-order valence-corrected chi connectivity index (χ0v) is 8.48. The van der Waals surface area contributed by atoms with Crippen LogP contribution in [0.5, 0.6) is 5.19 Å². The summed E-state index contributed by atoms with van der Waals surface area (Å²) in [6.45, 7) is 1.42. The Morgan fingerprint density at radius 1 is 1.62 bits per heavy atom. The molecule has 0 aromatic carbocycles. The monoisotopic (exact) mass is 220 g/mol. The van der Waals surface area contributed by atoms with Gasteiger partial charge in [-0.1, -0.05) is 11.3 Å². The van der Waals surface area contributed by atoms with Crippen molar-refractivity contribution in [3.63, 3.8) is 0 Å². The van der Waals surface area contributed by atoms with E-state index in [1.54, 1.807) is 0 Å². The molecule has 4 nitrogen and oxygen atoms in total. The molecule has 0 spiro atoms. The number of rotatable bonds is 3. The Balaban J connectivity index is 1.92. The molecule has 0 aliphatic carbocycles. The highest BCUT2D eigenvalue weighted by atomic mass is 35.5. The van der Waals surface area contributed by atoms with E-state index in [-0.39, 0.29) is 6.10 Å². The molecule has 1 aliphatic heterocycles. The fraction of sp³-hybridized carbons (Fsp3) is 0.714. The predicted molar refractivity (Wildman–Crippen MR) is 49.3 cm³/mol. The van der Waals surface area contributed by atoms with Crippen LogP contribution < -0.4 is 4.74 Å². The molecule has 1 aromatic rings. The molecule has 72 valence electrons. The molecule has 1 aliphatic rings. The van der Waals surface area contributed by atoms with Gasteiger partial charge in [0.25, 0.3) is 5.19 Å². The van der Waals surface area contributed by atoms with Gasteiger partial charge in [-0.15, -0.1) is 21.8 Å². The van der Waals surface area contributed by atoms with E-state index in [9.17, 15) is 0 Å². The summed E-state index contributed by atoms with van der Waals surface area (Å²) >= 11 is 6.97. The van der Waals surface area contributed by atoms with Crippen molar-refractivity contribution >= 4 is 22.9 Å². The summed E-state index contributed by atoms with van der Waals surface area (Å²) in [4.78, 5) is 0. The van der Waals surface area contributed by atoms with Crippen molar-refractivity contribution in [2.75, 3.05) is 13.2 Å². The van der Waals surface area contributed by atoms with E-state index in [0.29, 0.717) is 17.7 Å². The minimum Gasteiger partial charge on any atom is -0.463 e. The summed E-state index contributed by atoms with van der Waals surface area (Å²) in [7, 11) is 0. The summed E-state index contributed by atoms with van der Waals surface area (Å²) < 4.78 is 10.7. The van der Waals surface area contributed by atoms with Gasteiger partial charge in [0.15, 0.2) is 0 Å². The van der Waals surface area contributed by atoms with Crippen molar-refractivity contribution in [1.29, 1.82) is 0 Å². The van der Waals surface area contributed by atoms with E-state index in [1.165, 1.54) is 11.3 Å². The van der Waals surface area contributed by atoms with E-state index in [0.717, 1.165) is 18.0 Å². The smallest absolute Gasteiger partial charge is 0.294 e. The molecule has 1 saturated heterocycles. The van der Waals surface area contributed by atoms with E-state index in [2.05, 4.69) is 10.2 Å². The second kappa shape index (κ2) is 4.21. The van der Waals surface area contributed by atoms with Crippen LogP contribution in [0.2, 0.25) is 0 Å². The van der Waals surface area contributed by atoms with Gasteiger partial charge in [0, 0.05) is 6.42 Å². The highest BCUT2D eigenvalue weighted by molar-refractivity contribution is 7.13. The molecule has 1 unspecified atom stereocenters. The SMILES string of the molecule is ClCc1nnc(OC2CCOC2)s1. The molecule has 6 heteroatoms. The van der Waals surface area contributed by atoms with Crippen LogP contribution >= 0.6 is 22.9 Å². The Morgan fingerprint density at radius 3 is 3.15 bits per heavy atom. The lowest BCUT2D eigenvalue weighted by atomic mass is 10.3. The molecule has 1 aromatic heterocycles. The van der Waals surface area contributed by atoms with Crippen molar-refractivity contribution < 1.29 is 9.47 Å². The first-order valence-electron chi connectivity index (χ1n) is 4.01. The largest absolute Gasteiger partial charge is 0.463 e. The number of halogens is 1. The Bertz CT molecular complexity index is 275. The third-order valence-electron chi connectivity index (χ3n) is 1.72. The van der Waals surface area contributed by atoms with Crippen LogP contribution in [0.1, 0.15) is 11.4 Å². The number of aromatic nitrogens is 2. The van der Waals surface area contributed by atoms with E-state index >= 15 is 0 Å². The minimum atomic E-state index is 0.135. The molecule has 13 heavy (non-hydrogen) atoms. The van der Waals surface area contributed by atoms with Gasteiger partial charge >= 0.3 is 0 Å². The van der Waals surface area contributed by atoms with Crippen molar-refractivity contribution in [2.24, 2.45) is 0 Å². The molecular formula is C7H9ClN2O2S. The second-order valence-corrected chi connectivity index (χ2v) is 3.99. The van der Waals surface area contributed by atoms with E-state index < -0.39 is 0 Å². The van der Waals surface area contributed by atoms with Crippen LogP contribution in [0.4, 0.5) is 0 Å². The number of ether oxygens (including phenoxy) is 2. The molecule has 2 heterocycles. The van der Waals surface area contributed by atoms with Gasteiger partial charge in [-0.25, -0.2) is 0 Å². The summed E-state index contributed by atoms with van der Waals surface area (Å²) in [6, 6.07) is 0. The fourth-order valence-electron chi connectivity index (χ4n) is 1.09. The summed E-state index contributed by atoms with van der Waals surface area (Å²) in [6.07, 6.45) is 1.06. The van der Waals surface area contributed by atoms with Gasteiger partial charge in [-0.2, -0.15) is 0 Å². The van der Waals surface area contributed by atoms with Crippen molar-refractivity contribution in [3.8, 4) is 5.19 Å². The Kier molecular flexibility index (Phi) is 2.97. The summed E-state index contributed by atoms with van der Waals surface area (Å²) in [5, 5.41) is 9.08. The van der Waals surface area contributed by atoms with Gasteiger partial charge in [0.05, 0.1) is 19.1 Å². The highest BCUT2D eigenvalue weighted by Gasteiger charge is 2.18. The molecule has 2 rings (SSSR count). The third kappa shape index (κ3) is 2.30. The maximum Gasteiger partial charge on any atom is 0.294 e. The van der Waals surface area contributed by atoms with Crippen LogP contribution in [-0.2, 0) is 10.6 Å². The Labute approximate surface area is 84.8 Å². The quantitative estimate of drug-likeness (QED) is 0.724. The first-order chi connectivity index (χ1) is 6.38. The van der Waals surface area contributed by atoms with Crippen LogP contribution in [0.3, 0.4) is 0 Å². The van der Waals surface area contributed by atoms with Gasteiger partial charge in [0.2, 0.25) is 0 Å². The highest BCUT2D eigenvalue weighted by Crippen LogP contribution is 2.22. The first-order valence-corrected chi connectivity index (χ1v) is 5.36. The fourth-order valence-corrected chi connectivity index (χ4v) is 1.91. The van der Waals surface area contributed by atoms with Gasteiger partial charge in [-0.3, -0.25) is 0 Å². The molecule has 0 N–H and O–H groups in total. The minimum absolute atomic E-state index is 0.135. The third-order valence-corrected chi connectivity index (χ3v) is 2.94. The summed E-state index contributed by atoms with van der Waals surface area (Å²) in [5.41, 5.74) is 0. The molecule has 0 amide bonds. The van der Waals surface area contributed by atoms with E-state index in [4.69, 9.17) is 21.1 Å². The number of alkyl halides is 1. The lowest BCUT2D eigenvalue weighted by Crippen LogP contribution is -2.15. The average Bonchev–Trinajstić information content (AvgIpc) is 2.76. The number of hydrogen-bond donors (Lipinski definition) is 0. The van der Waals surface area contributed by atoms with Crippen molar-refractivity contribution in [2.45, 2.75) is 18.4 Å². The maximum atomic E-state index is 5.58. The van der Waals surface area contributed by atoms with Gasteiger partial charge < -0.3 is 9.47 Å². The molecule has 1 fully saturated rings. The van der Waals surface area contributed by atoms with Crippen LogP contribution in [0.25, 0.3) is 0 Å². The average molecular weight is 221 g/mol. The Morgan fingerprint density at radius 2 is 2.54 bits per heavy atom. The zero-order chi connectivity index (χ0) is 9.10. The number of nitrogens with zero attached hydrogens (tertiary/aromatic N) is 2. The predicted octanol–water partition coefficient (Wildman–Crippen LogP) is 1.44. The normalized spacial score (nSPS) is 22.1. The van der Waals surface area contributed by atoms with Gasteiger partial charge in [-0.05, 0) is 0 Å². The molecule has 0 bridgehead atoms. The molecule has 1 atom stereocenters. The molecular weight excluding hydrogens is 212 g/mol. The van der Waals surface area contributed by atoms with Crippen LogP contribution in [0.15, 0.2) is 0 Å². The van der Waals surface area contributed by atoms with Crippen molar-refractivity contribution in [3.05, 3.63) is 5.01 Å². The molecule has 0 radical (unpaired) electrons. The van der Waals surface area contributed by atoms with Gasteiger partial charge in [0.1, 0.15) is 11.1 Å². The Hall–Kier alpha value is -0.390. The first kappa shape index (κ1) is 9.18. The zero-order valence-electron chi connectivity index (χ0n) is 6.90. The van der Waals surface area contributed by atoms with Crippen LogP contribution in [0, 0.1) is 0 Å². The van der Waals surface area contributed by atoms with Crippen LogP contribution in [-0.4, -0.2) is 29.5 Å². The van der Waals surface area contributed by atoms with Crippen molar-refractivity contribution in [1.82, 2.24) is 10.2 Å². The molecule has 0 saturated carbocycles. The second-order valence-electron chi connectivity index (χ2n) is 2.70.